The van der Waals surface area contributed by atoms with E-state index < -0.39 is 0 Å². The van der Waals surface area contributed by atoms with Gasteiger partial charge >= 0.3 is 0 Å². The van der Waals surface area contributed by atoms with Crippen LogP contribution < -0.4 is 0 Å². The van der Waals surface area contributed by atoms with Crippen LogP contribution in [0.15, 0.2) is 59.8 Å². The third-order valence-electron chi connectivity index (χ3n) is 1.55. The lowest BCUT2D eigenvalue weighted by Crippen LogP contribution is -1.67. The smallest absolute Gasteiger partial charge is 0.0184 e. The molecule has 2 aliphatic rings. The summed E-state index contributed by atoms with van der Waals surface area (Å²) in [5.74, 6) is 0. The van der Waals surface area contributed by atoms with Crippen molar-refractivity contribution in [2.75, 3.05) is 0 Å². The Bertz CT molecular complexity index is 257. The molecule has 10 heavy (non-hydrogen) atoms. The third kappa shape index (κ3) is 1.01. The largest absolute Gasteiger partial charge is 0.0622 e. The van der Waals surface area contributed by atoms with E-state index >= 15 is 0 Å². The van der Waals surface area contributed by atoms with Crippen LogP contribution in [0.25, 0.3) is 0 Å². The van der Waals surface area contributed by atoms with Crippen molar-refractivity contribution in [2.45, 2.75) is 0 Å². The van der Waals surface area contributed by atoms with Gasteiger partial charge in [0.2, 0.25) is 0 Å². The number of hydrogen-bond donors (Lipinski definition) is 0. The van der Waals surface area contributed by atoms with E-state index in [-0.39, 0.29) is 0 Å². The van der Waals surface area contributed by atoms with Gasteiger partial charge in [0.1, 0.15) is 0 Å². The fourth-order valence-electron chi connectivity index (χ4n) is 0.929. The Balaban J connectivity index is 2.33. The van der Waals surface area contributed by atoms with E-state index in [1.165, 1.54) is 11.1 Å². The number of hydrogen-bond acceptors (Lipinski definition) is 0. The second kappa shape index (κ2) is 2.14. The molecule has 0 atom stereocenters. The van der Waals surface area contributed by atoms with Crippen LogP contribution in [0.4, 0.5) is 0 Å². The van der Waals surface area contributed by atoms with Gasteiger partial charge in [0.05, 0.1) is 0 Å². The molecule has 2 aliphatic carbocycles. The first-order valence-corrected chi connectivity index (χ1v) is 3.40. The summed E-state index contributed by atoms with van der Waals surface area (Å²) in [5, 5.41) is 0. The van der Waals surface area contributed by atoms with Crippen molar-refractivity contribution >= 4 is 0 Å². The Morgan fingerprint density at radius 2 is 1.00 bits per heavy atom. The predicted molar refractivity (Wildman–Crippen MR) is 43.6 cm³/mol. The highest BCUT2D eigenvalue weighted by Gasteiger charge is 2.03. The summed E-state index contributed by atoms with van der Waals surface area (Å²) in [7, 11) is 0. The molecule has 48 valence electrons. The maximum absolute atomic E-state index is 2.12. The van der Waals surface area contributed by atoms with Crippen LogP contribution in [0.1, 0.15) is 0 Å². The van der Waals surface area contributed by atoms with Gasteiger partial charge in [-0.25, -0.2) is 0 Å². The Morgan fingerprint density at radius 3 is 1.50 bits per heavy atom. The lowest BCUT2D eigenvalue weighted by Gasteiger charge is -1.87. The molecule has 0 heteroatoms. The van der Waals surface area contributed by atoms with Gasteiger partial charge in [-0.3, -0.25) is 0 Å². The first-order valence-electron chi connectivity index (χ1n) is 3.40. The Labute approximate surface area is 60.6 Å². The molecule has 0 aliphatic heterocycles. The van der Waals surface area contributed by atoms with Crippen molar-refractivity contribution in [2.24, 2.45) is 0 Å². The van der Waals surface area contributed by atoms with Crippen LogP contribution >= 0.6 is 0 Å². The molecule has 0 radical (unpaired) electrons. The number of rotatable bonds is 0. The molecule has 0 N–H and O–H groups in total. The second-order valence-electron chi connectivity index (χ2n) is 2.35. The molecule has 0 aromatic rings. The van der Waals surface area contributed by atoms with Crippen molar-refractivity contribution in [3.63, 3.8) is 0 Å². The third-order valence-corrected chi connectivity index (χ3v) is 1.55. The summed E-state index contributed by atoms with van der Waals surface area (Å²) in [6, 6.07) is 0. The standard InChI is InChI=1S/C10H8/c1-2-4-6-9(5-3-1)10-7-8-10/h1-8H. The van der Waals surface area contributed by atoms with E-state index in [0.29, 0.717) is 0 Å². The zero-order valence-electron chi connectivity index (χ0n) is 5.62. The molecular formula is C10H8. The molecule has 0 unspecified atom stereocenters. The van der Waals surface area contributed by atoms with E-state index in [1.54, 1.807) is 0 Å². The molecule has 0 spiro atoms. The van der Waals surface area contributed by atoms with Crippen molar-refractivity contribution in [3.8, 4) is 0 Å². The normalized spacial score (nSPS) is 20.0. The van der Waals surface area contributed by atoms with Crippen LogP contribution in [0, 0.1) is 0 Å². The van der Waals surface area contributed by atoms with Gasteiger partial charge in [-0.1, -0.05) is 48.6 Å². The van der Waals surface area contributed by atoms with E-state index in [2.05, 4.69) is 36.5 Å². The van der Waals surface area contributed by atoms with E-state index in [4.69, 9.17) is 0 Å². The molecular weight excluding hydrogens is 120 g/mol. The van der Waals surface area contributed by atoms with Gasteiger partial charge in [-0.2, -0.15) is 0 Å². The van der Waals surface area contributed by atoms with Crippen molar-refractivity contribution < 1.29 is 0 Å². The van der Waals surface area contributed by atoms with Crippen LogP contribution in [-0.2, 0) is 0 Å². The zero-order chi connectivity index (χ0) is 6.81. The Morgan fingerprint density at radius 1 is 0.500 bits per heavy atom. The molecule has 0 saturated carbocycles. The molecule has 2 rings (SSSR count). The van der Waals surface area contributed by atoms with Gasteiger partial charge in [0.15, 0.2) is 0 Å². The van der Waals surface area contributed by atoms with Gasteiger partial charge in [0, 0.05) is 0 Å². The van der Waals surface area contributed by atoms with Gasteiger partial charge < -0.3 is 0 Å². The highest BCUT2D eigenvalue weighted by molar-refractivity contribution is 5.58. The molecule has 0 amide bonds. The first-order chi connectivity index (χ1) is 4.97. The van der Waals surface area contributed by atoms with Crippen LogP contribution in [-0.4, -0.2) is 0 Å². The number of allylic oxidation sites excluding steroid dienone is 10. The Hall–Kier alpha value is -1.30. The predicted octanol–water partition coefficient (Wildman–Crippen LogP) is 2.54. The van der Waals surface area contributed by atoms with Crippen LogP contribution in [0.2, 0.25) is 0 Å². The van der Waals surface area contributed by atoms with Gasteiger partial charge in [0.25, 0.3) is 0 Å². The maximum atomic E-state index is 2.12. The first kappa shape index (κ1) is 5.48. The summed E-state index contributed by atoms with van der Waals surface area (Å²) in [6.45, 7) is 0. The van der Waals surface area contributed by atoms with E-state index in [1.807, 2.05) is 12.2 Å². The highest BCUT2D eigenvalue weighted by Crippen LogP contribution is 2.22. The van der Waals surface area contributed by atoms with Crippen molar-refractivity contribution in [1.82, 2.24) is 0 Å². The summed E-state index contributed by atoms with van der Waals surface area (Å²) in [6.07, 6.45) is 16.7. The molecule has 0 aromatic carbocycles. The topological polar surface area (TPSA) is 0 Å². The summed E-state index contributed by atoms with van der Waals surface area (Å²) in [5.41, 5.74) is 2.67. The second-order valence-corrected chi connectivity index (χ2v) is 2.35. The molecule has 0 fully saturated rings. The molecule has 0 bridgehead atoms. The maximum Gasteiger partial charge on any atom is -0.0184 e. The minimum atomic E-state index is 1.31. The van der Waals surface area contributed by atoms with E-state index in [9.17, 15) is 0 Å². The van der Waals surface area contributed by atoms with Gasteiger partial charge in [-0.05, 0) is 11.1 Å². The SMILES string of the molecule is C1=CC=CC(=C2C=C2)C=C1. The molecule has 0 nitrogen and oxygen atoms in total. The Kier molecular flexibility index (Phi) is 1.17. The van der Waals surface area contributed by atoms with Crippen molar-refractivity contribution in [3.05, 3.63) is 59.8 Å². The quantitative estimate of drug-likeness (QED) is 0.470. The summed E-state index contributed by atoms with van der Waals surface area (Å²) < 4.78 is 0. The highest BCUT2D eigenvalue weighted by atomic mass is 14.1. The molecule has 0 heterocycles. The van der Waals surface area contributed by atoms with Gasteiger partial charge in [-0.15, -0.1) is 0 Å². The summed E-state index contributed by atoms with van der Waals surface area (Å²) >= 11 is 0. The lowest BCUT2D eigenvalue weighted by atomic mass is 10.2. The lowest BCUT2D eigenvalue weighted by molar-refractivity contribution is 1.68. The van der Waals surface area contributed by atoms with E-state index in [0.717, 1.165) is 0 Å². The minimum Gasteiger partial charge on any atom is -0.0622 e. The average molecular weight is 128 g/mol. The fraction of sp³-hybridized carbons (Fsp3) is 0. The molecule has 0 saturated heterocycles. The average Bonchev–Trinajstić information content (AvgIpc) is 2.76. The zero-order valence-corrected chi connectivity index (χ0v) is 5.62. The van der Waals surface area contributed by atoms with Crippen LogP contribution in [0.5, 0.6) is 0 Å². The summed E-state index contributed by atoms with van der Waals surface area (Å²) in [4.78, 5) is 0. The van der Waals surface area contributed by atoms with Crippen LogP contribution in [0.3, 0.4) is 0 Å². The van der Waals surface area contributed by atoms with Crippen molar-refractivity contribution in [1.29, 1.82) is 0 Å². The fourth-order valence-corrected chi connectivity index (χ4v) is 0.929. The minimum absolute atomic E-state index is 1.31. The molecule has 0 aromatic heterocycles. The monoisotopic (exact) mass is 128 g/mol.